The van der Waals surface area contributed by atoms with Gasteiger partial charge in [-0.15, -0.1) is 0 Å². The van der Waals surface area contributed by atoms with E-state index < -0.39 is 18.5 Å². The summed E-state index contributed by atoms with van der Waals surface area (Å²) in [6, 6.07) is 7.93. The minimum atomic E-state index is -0.696. The maximum atomic E-state index is 12.2. The second-order valence-electron chi connectivity index (χ2n) is 5.28. The molecular formula is C18H17Cl2NO5. The average molecular weight is 398 g/mol. The topological polar surface area (TPSA) is 73.9 Å². The Hall–Kier alpha value is -2.44. The van der Waals surface area contributed by atoms with Gasteiger partial charge < -0.3 is 19.5 Å². The largest absolute Gasteiger partial charge is 0.497 e. The molecule has 26 heavy (non-hydrogen) atoms. The van der Waals surface area contributed by atoms with Gasteiger partial charge in [-0.1, -0.05) is 29.3 Å². The van der Waals surface area contributed by atoms with E-state index in [4.69, 9.17) is 37.4 Å². The van der Waals surface area contributed by atoms with Crippen molar-refractivity contribution in [2.45, 2.75) is 6.92 Å². The first-order chi connectivity index (χ1) is 12.3. The summed E-state index contributed by atoms with van der Waals surface area (Å²) >= 11 is 12.2. The number of nitrogens with one attached hydrogen (secondary N) is 1. The molecule has 1 N–H and O–H groups in total. The molecule has 2 aromatic rings. The van der Waals surface area contributed by atoms with Crippen molar-refractivity contribution in [2.24, 2.45) is 0 Å². The van der Waals surface area contributed by atoms with Crippen LogP contribution < -0.4 is 14.8 Å². The number of hydrogen-bond acceptors (Lipinski definition) is 5. The lowest BCUT2D eigenvalue weighted by atomic mass is 10.2. The van der Waals surface area contributed by atoms with Gasteiger partial charge in [0.25, 0.3) is 5.91 Å². The molecule has 6 nitrogen and oxygen atoms in total. The Morgan fingerprint density at radius 3 is 2.23 bits per heavy atom. The molecule has 0 aliphatic rings. The van der Waals surface area contributed by atoms with Gasteiger partial charge in [-0.05, 0) is 30.7 Å². The number of halogens is 2. The van der Waals surface area contributed by atoms with Crippen molar-refractivity contribution >= 4 is 40.8 Å². The highest BCUT2D eigenvalue weighted by atomic mass is 35.5. The molecule has 0 fully saturated rings. The predicted octanol–water partition coefficient (Wildman–Crippen LogP) is 4.11. The number of amides is 1. The number of methoxy groups -OCH3 is 2. The Morgan fingerprint density at radius 2 is 1.65 bits per heavy atom. The predicted molar refractivity (Wildman–Crippen MR) is 99.7 cm³/mol. The number of benzene rings is 2. The summed E-state index contributed by atoms with van der Waals surface area (Å²) < 4.78 is 15.2. The van der Waals surface area contributed by atoms with Crippen LogP contribution in [0.4, 0.5) is 5.69 Å². The summed E-state index contributed by atoms with van der Waals surface area (Å²) in [6.07, 6.45) is 0. The molecule has 1 amide bonds. The first kappa shape index (κ1) is 19.9. The minimum absolute atomic E-state index is 0.195. The molecule has 2 aromatic carbocycles. The summed E-state index contributed by atoms with van der Waals surface area (Å²) in [7, 11) is 2.93. The Balaban J connectivity index is 2.04. The highest BCUT2D eigenvalue weighted by Crippen LogP contribution is 2.32. The van der Waals surface area contributed by atoms with Gasteiger partial charge in [0, 0.05) is 6.07 Å². The van der Waals surface area contributed by atoms with Gasteiger partial charge >= 0.3 is 5.97 Å². The Bertz CT molecular complexity index is 816. The number of aryl methyl sites for hydroxylation is 1. The molecule has 0 saturated carbocycles. The van der Waals surface area contributed by atoms with Crippen molar-refractivity contribution in [3.8, 4) is 11.5 Å². The van der Waals surface area contributed by atoms with Crippen LogP contribution in [0.3, 0.4) is 0 Å². The van der Waals surface area contributed by atoms with Crippen LogP contribution in [-0.4, -0.2) is 32.7 Å². The van der Waals surface area contributed by atoms with Crippen LogP contribution in [0.15, 0.2) is 30.3 Å². The average Bonchev–Trinajstić information content (AvgIpc) is 2.65. The van der Waals surface area contributed by atoms with E-state index in [0.29, 0.717) is 16.5 Å². The molecule has 0 radical (unpaired) electrons. The van der Waals surface area contributed by atoms with Crippen molar-refractivity contribution in [1.29, 1.82) is 0 Å². The van der Waals surface area contributed by atoms with Crippen molar-refractivity contribution in [3.63, 3.8) is 0 Å². The summed E-state index contributed by atoms with van der Waals surface area (Å²) in [5, 5.41) is 3.16. The third-order valence-electron chi connectivity index (χ3n) is 3.47. The Kier molecular flexibility index (Phi) is 6.71. The van der Waals surface area contributed by atoms with E-state index in [-0.39, 0.29) is 16.3 Å². The molecular weight excluding hydrogens is 381 g/mol. The molecule has 2 rings (SSSR count). The Morgan fingerprint density at radius 1 is 1.04 bits per heavy atom. The summed E-state index contributed by atoms with van der Waals surface area (Å²) in [6.45, 7) is 1.28. The van der Waals surface area contributed by atoms with E-state index in [0.717, 1.165) is 5.56 Å². The third kappa shape index (κ3) is 4.80. The lowest BCUT2D eigenvalue weighted by Gasteiger charge is -2.12. The van der Waals surface area contributed by atoms with Gasteiger partial charge in [0.1, 0.15) is 11.5 Å². The molecule has 0 heterocycles. The van der Waals surface area contributed by atoms with E-state index in [1.807, 2.05) is 0 Å². The highest BCUT2D eigenvalue weighted by Gasteiger charge is 2.16. The SMILES string of the molecule is COc1cc(OC)cc(C(=O)OCC(=O)Nc2c(Cl)ccc(C)c2Cl)c1. The first-order valence-corrected chi connectivity index (χ1v) is 8.26. The molecule has 0 unspecified atom stereocenters. The van der Waals surface area contributed by atoms with Crippen molar-refractivity contribution < 1.29 is 23.8 Å². The first-order valence-electron chi connectivity index (χ1n) is 7.50. The van der Waals surface area contributed by atoms with Crippen LogP contribution in [0.2, 0.25) is 10.0 Å². The highest BCUT2D eigenvalue weighted by molar-refractivity contribution is 6.40. The number of rotatable bonds is 6. The molecule has 0 aromatic heterocycles. The van der Waals surface area contributed by atoms with Crippen molar-refractivity contribution in [1.82, 2.24) is 0 Å². The van der Waals surface area contributed by atoms with Crippen LogP contribution in [0.25, 0.3) is 0 Å². The fourth-order valence-electron chi connectivity index (χ4n) is 2.09. The fraction of sp³-hybridized carbons (Fsp3) is 0.222. The summed E-state index contributed by atoms with van der Waals surface area (Å²) in [5.74, 6) is -0.403. The van der Waals surface area contributed by atoms with Gasteiger partial charge in [0.05, 0.1) is 35.5 Å². The number of anilines is 1. The normalized spacial score (nSPS) is 10.2. The standard InChI is InChI=1S/C18H17Cl2NO5/c1-10-4-5-14(19)17(16(10)20)21-15(22)9-26-18(23)11-6-12(24-2)8-13(7-11)25-3/h4-8H,9H2,1-3H3,(H,21,22). The lowest BCUT2D eigenvalue weighted by Crippen LogP contribution is -2.21. The molecule has 8 heteroatoms. The monoisotopic (exact) mass is 397 g/mol. The van der Waals surface area contributed by atoms with E-state index in [2.05, 4.69) is 5.32 Å². The molecule has 138 valence electrons. The second-order valence-corrected chi connectivity index (χ2v) is 6.06. The van der Waals surface area contributed by atoms with Gasteiger partial charge in [0.2, 0.25) is 0 Å². The van der Waals surface area contributed by atoms with E-state index in [1.54, 1.807) is 25.1 Å². The van der Waals surface area contributed by atoms with E-state index in [1.165, 1.54) is 26.4 Å². The number of ether oxygens (including phenoxy) is 3. The van der Waals surface area contributed by atoms with Crippen LogP contribution in [0.1, 0.15) is 15.9 Å². The van der Waals surface area contributed by atoms with Crippen molar-refractivity contribution in [3.05, 3.63) is 51.5 Å². The van der Waals surface area contributed by atoms with Gasteiger partial charge in [-0.2, -0.15) is 0 Å². The van der Waals surface area contributed by atoms with Gasteiger partial charge in [-0.25, -0.2) is 4.79 Å². The van der Waals surface area contributed by atoms with Crippen LogP contribution in [0, 0.1) is 6.92 Å². The van der Waals surface area contributed by atoms with Crippen LogP contribution in [-0.2, 0) is 9.53 Å². The number of hydrogen-bond donors (Lipinski definition) is 1. The smallest absolute Gasteiger partial charge is 0.338 e. The summed E-state index contributed by atoms with van der Waals surface area (Å²) in [5.41, 5.74) is 1.23. The molecule has 0 atom stereocenters. The molecule has 0 saturated heterocycles. The Labute approximate surface area is 160 Å². The van der Waals surface area contributed by atoms with Gasteiger partial charge in [-0.3, -0.25) is 4.79 Å². The number of carbonyl (C=O) groups is 2. The maximum absolute atomic E-state index is 12.2. The minimum Gasteiger partial charge on any atom is -0.497 e. The quantitative estimate of drug-likeness (QED) is 0.742. The fourth-order valence-corrected chi connectivity index (χ4v) is 2.55. The molecule has 0 aliphatic carbocycles. The van der Waals surface area contributed by atoms with E-state index in [9.17, 15) is 9.59 Å². The zero-order valence-corrected chi connectivity index (χ0v) is 15.9. The lowest BCUT2D eigenvalue weighted by molar-refractivity contribution is -0.119. The zero-order valence-electron chi connectivity index (χ0n) is 14.4. The van der Waals surface area contributed by atoms with Crippen LogP contribution >= 0.6 is 23.2 Å². The number of carbonyl (C=O) groups excluding carboxylic acids is 2. The number of esters is 1. The van der Waals surface area contributed by atoms with Crippen LogP contribution in [0.5, 0.6) is 11.5 Å². The second kappa shape index (κ2) is 8.78. The zero-order chi connectivity index (χ0) is 19.3. The molecule has 0 aliphatic heterocycles. The molecule has 0 bridgehead atoms. The molecule has 0 spiro atoms. The van der Waals surface area contributed by atoms with Crippen molar-refractivity contribution in [2.75, 3.05) is 26.1 Å². The third-order valence-corrected chi connectivity index (χ3v) is 4.27. The van der Waals surface area contributed by atoms with E-state index >= 15 is 0 Å². The summed E-state index contributed by atoms with van der Waals surface area (Å²) in [4.78, 5) is 24.2. The van der Waals surface area contributed by atoms with Gasteiger partial charge in [0.15, 0.2) is 6.61 Å². The maximum Gasteiger partial charge on any atom is 0.338 e.